The van der Waals surface area contributed by atoms with Crippen molar-refractivity contribution in [3.8, 4) is 0 Å². The summed E-state index contributed by atoms with van der Waals surface area (Å²) in [7, 11) is 0. The van der Waals surface area contributed by atoms with Crippen LogP contribution in [0.2, 0.25) is 5.02 Å². The van der Waals surface area contributed by atoms with E-state index in [0.717, 1.165) is 6.07 Å². The summed E-state index contributed by atoms with van der Waals surface area (Å²) in [6.07, 6.45) is 0. The van der Waals surface area contributed by atoms with Crippen molar-refractivity contribution in [3.63, 3.8) is 0 Å². The average molecular weight is 321 g/mol. The van der Waals surface area contributed by atoms with E-state index in [1.54, 1.807) is 24.3 Å². The maximum Gasteiger partial charge on any atom is 0.252 e. The Kier molecular flexibility index (Phi) is 5.49. The molecule has 0 aliphatic heterocycles. The quantitative estimate of drug-likeness (QED) is 0.832. The van der Waals surface area contributed by atoms with Gasteiger partial charge in [0.25, 0.3) is 11.8 Å². The molecule has 114 valence electrons. The van der Waals surface area contributed by atoms with Crippen LogP contribution < -0.4 is 10.6 Å². The summed E-state index contributed by atoms with van der Waals surface area (Å²) in [6, 6.07) is 12.1. The third-order valence-electron chi connectivity index (χ3n) is 2.90. The molecule has 2 aromatic rings. The molecule has 0 bridgehead atoms. The first kappa shape index (κ1) is 16.0. The van der Waals surface area contributed by atoms with E-state index in [4.69, 9.17) is 11.6 Å². The standard InChI is InChI=1S/C16H14ClFN2O2/c17-14-7-2-1-6-13(14)16(22)20-9-8-19-15(21)11-4-3-5-12(18)10-11/h1-7,10H,8-9H2,(H,19,21)(H,20,22). The zero-order chi connectivity index (χ0) is 15.9. The lowest BCUT2D eigenvalue weighted by atomic mass is 10.2. The van der Waals surface area contributed by atoms with E-state index in [9.17, 15) is 14.0 Å². The minimum Gasteiger partial charge on any atom is -0.350 e. The summed E-state index contributed by atoms with van der Waals surface area (Å²) in [5.41, 5.74) is 0.609. The highest BCUT2D eigenvalue weighted by Gasteiger charge is 2.09. The summed E-state index contributed by atoms with van der Waals surface area (Å²) in [5.74, 6) is -1.18. The highest BCUT2D eigenvalue weighted by Crippen LogP contribution is 2.14. The number of benzene rings is 2. The topological polar surface area (TPSA) is 58.2 Å². The normalized spacial score (nSPS) is 10.1. The van der Waals surface area contributed by atoms with Crippen molar-refractivity contribution in [1.29, 1.82) is 0 Å². The molecule has 0 heterocycles. The summed E-state index contributed by atoms with van der Waals surface area (Å²) in [4.78, 5) is 23.6. The van der Waals surface area contributed by atoms with Crippen LogP contribution in [0.25, 0.3) is 0 Å². The lowest BCUT2D eigenvalue weighted by Crippen LogP contribution is -2.34. The molecular formula is C16H14ClFN2O2. The fourth-order valence-corrected chi connectivity index (χ4v) is 2.05. The molecule has 0 aliphatic rings. The number of halogens is 2. The molecule has 0 unspecified atom stereocenters. The number of hydrogen-bond donors (Lipinski definition) is 2. The second-order valence-corrected chi connectivity index (χ2v) is 4.91. The SMILES string of the molecule is O=C(NCCNC(=O)c1ccccc1Cl)c1cccc(F)c1. The predicted molar refractivity (Wildman–Crippen MR) is 82.5 cm³/mol. The zero-order valence-corrected chi connectivity index (χ0v) is 12.4. The summed E-state index contributed by atoms with van der Waals surface area (Å²) < 4.78 is 13.0. The minimum absolute atomic E-state index is 0.228. The lowest BCUT2D eigenvalue weighted by molar-refractivity contribution is 0.0927. The summed E-state index contributed by atoms with van der Waals surface area (Å²) in [6.45, 7) is 0.469. The van der Waals surface area contributed by atoms with Crippen molar-refractivity contribution in [2.24, 2.45) is 0 Å². The second-order valence-electron chi connectivity index (χ2n) is 4.50. The maximum atomic E-state index is 13.0. The van der Waals surface area contributed by atoms with E-state index in [0.29, 0.717) is 10.6 Å². The van der Waals surface area contributed by atoms with Gasteiger partial charge in [-0.05, 0) is 30.3 Å². The number of carbonyl (C=O) groups excluding carboxylic acids is 2. The molecule has 0 radical (unpaired) electrons. The third-order valence-corrected chi connectivity index (χ3v) is 3.23. The molecule has 2 aromatic carbocycles. The Hall–Kier alpha value is -2.40. The van der Waals surface area contributed by atoms with Crippen molar-refractivity contribution in [2.45, 2.75) is 0 Å². The highest BCUT2D eigenvalue weighted by atomic mass is 35.5. The average Bonchev–Trinajstić information content (AvgIpc) is 2.51. The number of carbonyl (C=O) groups is 2. The monoisotopic (exact) mass is 320 g/mol. The van der Waals surface area contributed by atoms with Gasteiger partial charge in [0, 0.05) is 18.7 Å². The molecule has 0 spiro atoms. The highest BCUT2D eigenvalue weighted by molar-refractivity contribution is 6.33. The fourth-order valence-electron chi connectivity index (χ4n) is 1.82. The van der Waals surface area contributed by atoms with Crippen LogP contribution in [0.4, 0.5) is 4.39 Å². The molecule has 0 aliphatic carbocycles. The Morgan fingerprint density at radius 2 is 1.64 bits per heavy atom. The minimum atomic E-state index is -0.473. The molecule has 4 nitrogen and oxygen atoms in total. The van der Waals surface area contributed by atoms with E-state index in [-0.39, 0.29) is 24.6 Å². The third kappa shape index (κ3) is 4.30. The smallest absolute Gasteiger partial charge is 0.252 e. The van der Waals surface area contributed by atoms with Crippen LogP contribution in [0.5, 0.6) is 0 Å². The van der Waals surface area contributed by atoms with Crippen LogP contribution in [0.15, 0.2) is 48.5 Å². The Balaban J connectivity index is 1.79. The largest absolute Gasteiger partial charge is 0.350 e. The van der Waals surface area contributed by atoms with E-state index >= 15 is 0 Å². The first-order valence-electron chi connectivity index (χ1n) is 6.64. The maximum absolute atomic E-state index is 13.0. The molecule has 0 saturated heterocycles. The van der Waals surface area contributed by atoms with Gasteiger partial charge in [0.15, 0.2) is 0 Å². The van der Waals surface area contributed by atoms with Gasteiger partial charge in [0.05, 0.1) is 10.6 Å². The predicted octanol–water partition coefficient (Wildman–Crippen LogP) is 2.64. The molecule has 6 heteroatoms. The molecule has 2 rings (SSSR count). The Labute approximate surface area is 132 Å². The van der Waals surface area contributed by atoms with Crippen molar-refractivity contribution in [2.75, 3.05) is 13.1 Å². The molecule has 0 atom stereocenters. The lowest BCUT2D eigenvalue weighted by Gasteiger charge is -2.08. The van der Waals surface area contributed by atoms with Crippen LogP contribution in [0.1, 0.15) is 20.7 Å². The number of amides is 2. The number of rotatable bonds is 5. The molecule has 22 heavy (non-hydrogen) atoms. The van der Waals surface area contributed by atoms with E-state index in [1.807, 2.05) is 0 Å². The zero-order valence-electron chi connectivity index (χ0n) is 11.6. The number of hydrogen-bond acceptors (Lipinski definition) is 2. The van der Waals surface area contributed by atoms with Crippen LogP contribution in [0, 0.1) is 5.82 Å². The van der Waals surface area contributed by atoms with Gasteiger partial charge in [-0.15, -0.1) is 0 Å². The second kappa shape index (κ2) is 7.56. The fraction of sp³-hybridized carbons (Fsp3) is 0.125. The molecule has 2 amide bonds. The number of nitrogens with one attached hydrogen (secondary N) is 2. The molecular weight excluding hydrogens is 307 g/mol. The van der Waals surface area contributed by atoms with E-state index < -0.39 is 11.7 Å². The van der Waals surface area contributed by atoms with Crippen molar-refractivity contribution in [1.82, 2.24) is 10.6 Å². The first-order chi connectivity index (χ1) is 10.6. The van der Waals surface area contributed by atoms with Crippen LogP contribution in [0.3, 0.4) is 0 Å². The van der Waals surface area contributed by atoms with Gasteiger partial charge < -0.3 is 10.6 Å². The Morgan fingerprint density at radius 3 is 2.32 bits per heavy atom. The molecule has 0 saturated carbocycles. The van der Waals surface area contributed by atoms with Crippen LogP contribution >= 0.6 is 11.6 Å². The van der Waals surface area contributed by atoms with Gasteiger partial charge >= 0.3 is 0 Å². The van der Waals surface area contributed by atoms with Gasteiger partial charge in [-0.25, -0.2) is 4.39 Å². The van der Waals surface area contributed by atoms with Crippen LogP contribution in [-0.4, -0.2) is 24.9 Å². The Bertz CT molecular complexity index is 691. The van der Waals surface area contributed by atoms with Crippen molar-refractivity contribution < 1.29 is 14.0 Å². The van der Waals surface area contributed by atoms with Gasteiger partial charge in [0.1, 0.15) is 5.82 Å². The van der Waals surface area contributed by atoms with Crippen molar-refractivity contribution in [3.05, 3.63) is 70.5 Å². The molecule has 0 fully saturated rings. The van der Waals surface area contributed by atoms with Crippen molar-refractivity contribution >= 4 is 23.4 Å². The first-order valence-corrected chi connectivity index (χ1v) is 7.02. The molecule has 0 aromatic heterocycles. The Morgan fingerprint density at radius 1 is 0.955 bits per heavy atom. The van der Waals surface area contributed by atoms with Gasteiger partial charge in [-0.1, -0.05) is 29.8 Å². The summed E-state index contributed by atoms with van der Waals surface area (Å²) >= 11 is 5.91. The molecule has 2 N–H and O–H groups in total. The van der Waals surface area contributed by atoms with Gasteiger partial charge in [-0.3, -0.25) is 9.59 Å². The van der Waals surface area contributed by atoms with E-state index in [1.165, 1.54) is 18.2 Å². The van der Waals surface area contributed by atoms with Gasteiger partial charge in [0.2, 0.25) is 0 Å². The van der Waals surface area contributed by atoms with Crippen LogP contribution in [-0.2, 0) is 0 Å². The van der Waals surface area contributed by atoms with Gasteiger partial charge in [-0.2, -0.15) is 0 Å². The van der Waals surface area contributed by atoms with E-state index in [2.05, 4.69) is 10.6 Å². The summed E-state index contributed by atoms with van der Waals surface area (Å²) in [5, 5.41) is 5.60.